The first kappa shape index (κ1) is 14.1. The molecule has 1 unspecified atom stereocenters. The number of nitro benzene ring substituents is 1. The average molecular weight is 285 g/mol. The summed E-state index contributed by atoms with van der Waals surface area (Å²) in [6.45, 7) is 2.58. The van der Waals surface area contributed by atoms with Crippen LogP contribution in [0.2, 0.25) is 5.02 Å². The zero-order valence-corrected chi connectivity index (χ0v) is 11.4. The lowest BCUT2D eigenvalue weighted by Gasteiger charge is -2.22. The fourth-order valence-corrected chi connectivity index (χ4v) is 2.43. The molecular formula is C13H17ClN2O3. The van der Waals surface area contributed by atoms with E-state index < -0.39 is 4.92 Å². The summed E-state index contributed by atoms with van der Waals surface area (Å²) in [6.07, 6.45) is 3.29. The average Bonchev–Trinajstić information content (AvgIpc) is 2.41. The van der Waals surface area contributed by atoms with E-state index in [2.05, 4.69) is 5.32 Å². The molecule has 0 spiro atoms. The molecule has 0 radical (unpaired) electrons. The van der Waals surface area contributed by atoms with Crippen molar-refractivity contribution in [3.05, 3.63) is 33.3 Å². The minimum absolute atomic E-state index is 0.0748. The Bertz CT molecular complexity index is 448. The Kier molecular flexibility index (Phi) is 4.99. The molecule has 5 nitrogen and oxygen atoms in total. The maximum absolute atomic E-state index is 10.9. The monoisotopic (exact) mass is 284 g/mol. The van der Waals surface area contributed by atoms with Crippen LogP contribution in [0.5, 0.6) is 5.75 Å². The first-order chi connectivity index (χ1) is 9.16. The molecule has 1 N–H and O–H groups in total. The molecular weight excluding hydrogens is 268 g/mol. The summed E-state index contributed by atoms with van der Waals surface area (Å²) in [5, 5.41) is 14.6. The van der Waals surface area contributed by atoms with E-state index in [0.29, 0.717) is 17.5 Å². The number of hydrogen-bond acceptors (Lipinski definition) is 4. The summed E-state index contributed by atoms with van der Waals surface area (Å²) >= 11 is 5.75. The SMILES string of the molecule is O=[N+]([O-])c1cc(Cl)ccc1OCCC1CCCNC1. The van der Waals surface area contributed by atoms with Gasteiger partial charge in [-0.3, -0.25) is 10.1 Å². The van der Waals surface area contributed by atoms with Crippen LogP contribution in [-0.4, -0.2) is 24.6 Å². The van der Waals surface area contributed by atoms with Crippen LogP contribution in [0.1, 0.15) is 19.3 Å². The van der Waals surface area contributed by atoms with E-state index in [4.69, 9.17) is 16.3 Å². The molecule has 1 heterocycles. The normalized spacial score (nSPS) is 19.1. The van der Waals surface area contributed by atoms with Crippen molar-refractivity contribution < 1.29 is 9.66 Å². The largest absolute Gasteiger partial charge is 0.487 e. The third-order valence-corrected chi connectivity index (χ3v) is 3.54. The summed E-state index contributed by atoms with van der Waals surface area (Å²) in [5.74, 6) is 0.887. The molecule has 1 fully saturated rings. The Morgan fingerprint density at radius 3 is 3.05 bits per heavy atom. The van der Waals surface area contributed by atoms with Crippen LogP contribution in [0.3, 0.4) is 0 Å². The van der Waals surface area contributed by atoms with Gasteiger partial charge in [-0.2, -0.15) is 0 Å². The molecule has 0 amide bonds. The molecule has 1 atom stereocenters. The second-order valence-electron chi connectivity index (χ2n) is 4.72. The maximum Gasteiger partial charge on any atom is 0.312 e. The third kappa shape index (κ3) is 4.08. The topological polar surface area (TPSA) is 64.4 Å². The predicted molar refractivity (Wildman–Crippen MR) is 73.8 cm³/mol. The highest BCUT2D eigenvalue weighted by Crippen LogP contribution is 2.30. The van der Waals surface area contributed by atoms with Crippen molar-refractivity contribution in [3.8, 4) is 5.75 Å². The van der Waals surface area contributed by atoms with Gasteiger partial charge in [0.25, 0.3) is 0 Å². The van der Waals surface area contributed by atoms with E-state index in [1.165, 1.54) is 18.9 Å². The van der Waals surface area contributed by atoms with Crippen molar-refractivity contribution in [3.63, 3.8) is 0 Å². The molecule has 0 bridgehead atoms. The van der Waals surface area contributed by atoms with Crippen molar-refractivity contribution in [1.82, 2.24) is 5.32 Å². The van der Waals surface area contributed by atoms with Gasteiger partial charge in [0, 0.05) is 11.1 Å². The first-order valence-electron chi connectivity index (χ1n) is 6.44. The van der Waals surface area contributed by atoms with E-state index in [0.717, 1.165) is 19.5 Å². The van der Waals surface area contributed by atoms with Gasteiger partial charge in [0.05, 0.1) is 11.5 Å². The number of halogens is 1. The van der Waals surface area contributed by atoms with Crippen LogP contribution in [0.25, 0.3) is 0 Å². The Hall–Kier alpha value is -1.33. The Morgan fingerprint density at radius 2 is 2.37 bits per heavy atom. The Morgan fingerprint density at radius 1 is 1.53 bits per heavy atom. The highest BCUT2D eigenvalue weighted by Gasteiger charge is 2.17. The van der Waals surface area contributed by atoms with E-state index in [9.17, 15) is 10.1 Å². The third-order valence-electron chi connectivity index (χ3n) is 3.30. The van der Waals surface area contributed by atoms with E-state index in [-0.39, 0.29) is 11.4 Å². The van der Waals surface area contributed by atoms with Crippen molar-refractivity contribution in [1.29, 1.82) is 0 Å². The predicted octanol–water partition coefficient (Wildman–Crippen LogP) is 3.02. The van der Waals surface area contributed by atoms with Crippen LogP contribution < -0.4 is 10.1 Å². The second kappa shape index (κ2) is 6.73. The molecule has 0 saturated carbocycles. The summed E-state index contributed by atoms with van der Waals surface area (Å²) in [4.78, 5) is 10.4. The molecule has 1 saturated heterocycles. The van der Waals surface area contributed by atoms with Gasteiger partial charge in [0.1, 0.15) is 0 Å². The van der Waals surface area contributed by atoms with Gasteiger partial charge in [-0.1, -0.05) is 11.6 Å². The first-order valence-corrected chi connectivity index (χ1v) is 6.82. The maximum atomic E-state index is 10.9. The van der Waals surface area contributed by atoms with Crippen molar-refractivity contribution in [2.24, 2.45) is 5.92 Å². The molecule has 1 aliphatic heterocycles. The zero-order valence-electron chi connectivity index (χ0n) is 10.6. The fourth-order valence-electron chi connectivity index (χ4n) is 2.26. The number of ether oxygens (including phenoxy) is 1. The van der Waals surface area contributed by atoms with Crippen LogP contribution in [0.15, 0.2) is 18.2 Å². The number of nitrogens with zero attached hydrogens (tertiary/aromatic N) is 1. The van der Waals surface area contributed by atoms with Gasteiger partial charge >= 0.3 is 5.69 Å². The molecule has 2 rings (SSSR count). The summed E-state index contributed by atoms with van der Waals surface area (Å²) in [6, 6.07) is 4.48. The Labute approximate surface area is 117 Å². The summed E-state index contributed by atoms with van der Waals surface area (Å²) < 4.78 is 5.53. The van der Waals surface area contributed by atoms with Gasteiger partial charge in [-0.25, -0.2) is 0 Å². The lowest BCUT2D eigenvalue weighted by molar-refractivity contribution is -0.385. The van der Waals surface area contributed by atoms with Gasteiger partial charge in [0.15, 0.2) is 5.75 Å². The van der Waals surface area contributed by atoms with Crippen molar-refractivity contribution in [2.75, 3.05) is 19.7 Å². The zero-order chi connectivity index (χ0) is 13.7. The van der Waals surface area contributed by atoms with Crippen LogP contribution in [-0.2, 0) is 0 Å². The smallest absolute Gasteiger partial charge is 0.312 e. The lowest BCUT2D eigenvalue weighted by atomic mass is 9.97. The highest BCUT2D eigenvalue weighted by molar-refractivity contribution is 6.30. The molecule has 1 aromatic rings. The quantitative estimate of drug-likeness (QED) is 0.667. The van der Waals surface area contributed by atoms with Gasteiger partial charge in [-0.15, -0.1) is 0 Å². The van der Waals surface area contributed by atoms with Crippen LogP contribution in [0, 0.1) is 16.0 Å². The fraction of sp³-hybridized carbons (Fsp3) is 0.538. The minimum Gasteiger partial charge on any atom is -0.487 e. The van der Waals surface area contributed by atoms with Gasteiger partial charge in [-0.05, 0) is 50.4 Å². The molecule has 1 aromatic carbocycles. The molecule has 0 aliphatic carbocycles. The second-order valence-corrected chi connectivity index (χ2v) is 5.16. The number of hydrogen-bond donors (Lipinski definition) is 1. The number of piperidine rings is 1. The molecule has 0 aromatic heterocycles. The van der Waals surface area contributed by atoms with E-state index >= 15 is 0 Å². The number of rotatable bonds is 5. The summed E-state index contributed by atoms with van der Waals surface area (Å²) in [5.41, 5.74) is -0.0748. The number of nitrogens with one attached hydrogen (secondary N) is 1. The van der Waals surface area contributed by atoms with Crippen molar-refractivity contribution in [2.45, 2.75) is 19.3 Å². The number of nitro groups is 1. The van der Waals surface area contributed by atoms with Crippen LogP contribution >= 0.6 is 11.6 Å². The molecule has 6 heteroatoms. The van der Waals surface area contributed by atoms with E-state index in [1.54, 1.807) is 12.1 Å². The molecule has 1 aliphatic rings. The molecule has 19 heavy (non-hydrogen) atoms. The van der Waals surface area contributed by atoms with Gasteiger partial charge < -0.3 is 10.1 Å². The molecule has 104 valence electrons. The van der Waals surface area contributed by atoms with Gasteiger partial charge in [0.2, 0.25) is 0 Å². The minimum atomic E-state index is -0.469. The van der Waals surface area contributed by atoms with Crippen molar-refractivity contribution >= 4 is 17.3 Å². The standard InChI is InChI=1S/C13H17ClN2O3/c14-11-3-4-13(12(8-11)16(17)18)19-7-5-10-2-1-6-15-9-10/h3-4,8,10,15H,1-2,5-7,9H2. The Balaban J connectivity index is 1.89. The summed E-state index contributed by atoms with van der Waals surface area (Å²) in [7, 11) is 0. The number of benzene rings is 1. The highest BCUT2D eigenvalue weighted by atomic mass is 35.5. The van der Waals surface area contributed by atoms with E-state index in [1.807, 2.05) is 0 Å². The van der Waals surface area contributed by atoms with Crippen LogP contribution in [0.4, 0.5) is 5.69 Å². The lowest BCUT2D eigenvalue weighted by Crippen LogP contribution is -2.30.